The highest BCUT2D eigenvalue weighted by atomic mass is 16.1. The molecule has 1 heterocycles. The molecule has 74 valence electrons. The first kappa shape index (κ1) is 10.5. The number of aryl methyl sites for hydroxylation is 1. The quantitative estimate of drug-likeness (QED) is 0.702. The zero-order chi connectivity index (χ0) is 10.7. The van der Waals surface area contributed by atoms with Crippen LogP contribution >= 0.6 is 0 Å². The highest BCUT2D eigenvalue weighted by Crippen LogP contribution is 1.97. The van der Waals surface area contributed by atoms with Crippen molar-refractivity contribution in [3.8, 4) is 6.07 Å². The molecule has 0 fully saturated rings. The Kier molecular flexibility index (Phi) is 3.03. The van der Waals surface area contributed by atoms with Crippen molar-refractivity contribution in [1.82, 2.24) is 9.78 Å². The predicted octanol–water partition coefficient (Wildman–Crippen LogP) is 1.08. The monoisotopic (exact) mass is 191 g/mol. The largest absolute Gasteiger partial charge is 0.284 e. The fourth-order valence-electron chi connectivity index (χ4n) is 1.22. The van der Waals surface area contributed by atoms with Crippen molar-refractivity contribution in [2.45, 2.75) is 27.3 Å². The number of hydrogen-bond acceptors (Lipinski definition) is 3. The molecule has 1 aromatic rings. The average molecular weight is 191 g/mol. The van der Waals surface area contributed by atoms with Crippen molar-refractivity contribution in [2.75, 3.05) is 0 Å². The minimum Gasteiger partial charge on any atom is -0.266 e. The van der Waals surface area contributed by atoms with Crippen molar-refractivity contribution in [2.24, 2.45) is 5.92 Å². The Morgan fingerprint density at radius 2 is 2.29 bits per heavy atom. The molecule has 4 heteroatoms. The maximum Gasteiger partial charge on any atom is 0.284 e. The van der Waals surface area contributed by atoms with E-state index in [9.17, 15) is 4.79 Å². The van der Waals surface area contributed by atoms with Crippen LogP contribution in [0, 0.1) is 24.2 Å². The fourth-order valence-corrected chi connectivity index (χ4v) is 1.22. The van der Waals surface area contributed by atoms with Crippen LogP contribution in [0.4, 0.5) is 0 Å². The van der Waals surface area contributed by atoms with Crippen molar-refractivity contribution < 1.29 is 0 Å². The summed E-state index contributed by atoms with van der Waals surface area (Å²) in [5.41, 5.74) is 0.562. The molecule has 0 N–H and O–H groups in total. The van der Waals surface area contributed by atoms with E-state index in [1.54, 1.807) is 6.92 Å². The molecule has 0 saturated carbocycles. The topological polar surface area (TPSA) is 58.7 Å². The molecule has 0 spiro atoms. The van der Waals surface area contributed by atoms with Gasteiger partial charge in [0.05, 0.1) is 5.69 Å². The van der Waals surface area contributed by atoms with Gasteiger partial charge in [0.1, 0.15) is 11.6 Å². The SMILES string of the molecule is Cc1cc(C#N)c(=O)n(CC(C)C)n1. The standard InChI is InChI=1S/C10H13N3O/c1-7(2)6-13-10(14)9(5-11)4-8(3)12-13/h4,7H,6H2,1-3H3. The van der Waals surface area contributed by atoms with Gasteiger partial charge in [-0.2, -0.15) is 10.4 Å². The van der Waals surface area contributed by atoms with Crippen LogP contribution in [0.25, 0.3) is 0 Å². The first-order chi connectivity index (χ1) is 6.54. The summed E-state index contributed by atoms with van der Waals surface area (Å²) < 4.78 is 1.36. The van der Waals surface area contributed by atoms with E-state index >= 15 is 0 Å². The lowest BCUT2D eigenvalue weighted by atomic mass is 10.2. The zero-order valence-electron chi connectivity index (χ0n) is 8.61. The summed E-state index contributed by atoms with van der Waals surface area (Å²) in [5, 5.41) is 12.8. The van der Waals surface area contributed by atoms with Gasteiger partial charge in [-0.3, -0.25) is 4.79 Å². The molecule has 0 bridgehead atoms. The Bertz CT molecular complexity index is 426. The van der Waals surface area contributed by atoms with Crippen LogP contribution < -0.4 is 5.56 Å². The van der Waals surface area contributed by atoms with Crippen LogP contribution in [0.1, 0.15) is 25.1 Å². The van der Waals surface area contributed by atoms with Gasteiger partial charge < -0.3 is 0 Å². The second-order valence-corrected chi connectivity index (χ2v) is 3.69. The predicted molar refractivity (Wildman–Crippen MR) is 52.8 cm³/mol. The third-order valence-electron chi connectivity index (χ3n) is 1.76. The molecule has 1 rings (SSSR count). The Labute approximate surface area is 82.8 Å². The van der Waals surface area contributed by atoms with Crippen LogP contribution in [0.2, 0.25) is 0 Å². The summed E-state index contributed by atoms with van der Waals surface area (Å²) in [6.07, 6.45) is 0. The van der Waals surface area contributed by atoms with Gasteiger partial charge in [-0.25, -0.2) is 4.68 Å². The molecule has 0 saturated heterocycles. The minimum absolute atomic E-state index is 0.165. The van der Waals surface area contributed by atoms with Gasteiger partial charge in [0.2, 0.25) is 0 Å². The van der Waals surface area contributed by atoms with E-state index < -0.39 is 0 Å². The number of hydrogen-bond donors (Lipinski definition) is 0. The number of nitrogens with zero attached hydrogens (tertiary/aromatic N) is 3. The smallest absolute Gasteiger partial charge is 0.266 e. The number of aromatic nitrogens is 2. The van der Waals surface area contributed by atoms with Gasteiger partial charge >= 0.3 is 0 Å². The Morgan fingerprint density at radius 3 is 2.79 bits per heavy atom. The highest BCUT2D eigenvalue weighted by molar-refractivity contribution is 5.26. The van der Waals surface area contributed by atoms with Crippen LogP contribution in [0.5, 0.6) is 0 Å². The molecule has 0 aliphatic heterocycles. The summed E-state index contributed by atoms with van der Waals surface area (Å²) >= 11 is 0. The molecule has 14 heavy (non-hydrogen) atoms. The normalized spacial score (nSPS) is 10.2. The van der Waals surface area contributed by atoms with E-state index in [1.807, 2.05) is 19.9 Å². The maximum absolute atomic E-state index is 11.6. The van der Waals surface area contributed by atoms with Crippen molar-refractivity contribution in [3.63, 3.8) is 0 Å². The minimum atomic E-state index is -0.299. The summed E-state index contributed by atoms with van der Waals surface area (Å²) in [6, 6.07) is 3.39. The van der Waals surface area contributed by atoms with Crippen molar-refractivity contribution in [3.05, 3.63) is 27.7 Å². The van der Waals surface area contributed by atoms with Crippen LogP contribution in [-0.4, -0.2) is 9.78 Å². The van der Waals surface area contributed by atoms with E-state index in [0.29, 0.717) is 18.2 Å². The highest BCUT2D eigenvalue weighted by Gasteiger charge is 2.06. The average Bonchev–Trinajstić information content (AvgIpc) is 2.09. The summed E-state index contributed by atoms with van der Waals surface area (Å²) in [7, 11) is 0. The molecule has 0 aromatic carbocycles. The molecule has 0 atom stereocenters. The van der Waals surface area contributed by atoms with Gasteiger partial charge in [-0.05, 0) is 18.9 Å². The van der Waals surface area contributed by atoms with Crippen LogP contribution in [0.3, 0.4) is 0 Å². The lowest BCUT2D eigenvalue weighted by Crippen LogP contribution is -2.27. The molecule has 0 radical (unpaired) electrons. The van der Waals surface area contributed by atoms with E-state index in [1.165, 1.54) is 10.7 Å². The molecule has 0 aliphatic rings. The molecule has 1 aromatic heterocycles. The third-order valence-corrected chi connectivity index (χ3v) is 1.76. The Hall–Kier alpha value is -1.63. The van der Waals surface area contributed by atoms with E-state index in [0.717, 1.165) is 0 Å². The number of nitriles is 1. The summed E-state index contributed by atoms with van der Waals surface area (Å²) in [4.78, 5) is 11.6. The van der Waals surface area contributed by atoms with Gasteiger partial charge in [-0.1, -0.05) is 13.8 Å². The molecule has 0 aliphatic carbocycles. The second-order valence-electron chi connectivity index (χ2n) is 3.69. The second kappa shape index (κ2) is 4.05. The van der Waals surface area contributed by atoms with Crippen LogP contribution in [-0.2, 0) is 6.54 Å². The van der Waals surface area contributed by atoms with Crippen molar-refractivity contribution >= 4 is 0 Å². The number of rotatable bonds is 2. The van der Waals surface area contributed by atoms with E-state index in [-0.39, 0.29) is 11.1 Å². The van der Waals surface area contributed by atoms with Gasteiger partial charge in [0, 0.05) is 6.54 Å². The van der Waals surface area contributed by atoms with E-state index in [2.05, 4.69) is 5.10 Å². The van der Waals surface area contributed by atoms with Gasteiger partial charge in [0.25, 0.3) is 5.56 Å². The van der Waals surface area contributed by atoms with Crippen LogP contribution in [0.15, 0.2) is 10.9 Å². The van der Waals surface area contributed by atoms with Gasteiger partial charge in [0.15, 0.2) is 0 Å². The van der Waals surface area contributed by atoms with E-state index in [4.69, 9.17) is 5.26 Å². The molecule has 0 unspecified atom stereocenters. The first-order valence-electron chi connectivity index (χ1n) is 4.53. The first-order valence-corrected chi connectivity index (χ1v) is 4.53. The molecular weight excluding hydrogens is 178 g/mol. The third kappa shape index (κ3) is 2.19. The Morgan fingerprint density at radius 1 is 1.64 bits per heavy atom. The molecular formula is C10H13N3O. The molecule has 4 nitrogen and oxygen atoms in total. The molecule has 0 amide bonds. The lowest BCUT2D eigenvalue weighted by Gasteiger charge is -2.07. The summed E-state index contributed by atoms with van der Waals surface area (Å²) in [6.45, 7) is 6.33. The lowest BCUT2D eigenvalue weighted by molar-refractivity contribution is 0.459. The van der Waals surface area contributed by atoms with Gasteiger partial charge in [-0.15, -0.1) is 0 Å². The Balaban J connectivity index is 3.24. The maximum atomic E-state index is 11.6. The fraction of sp³-hybridized carbons (Fsp3) is 0.500. The van der Waals surface area contributed by atoms with Crippen molar-refractivity contribution in [1.29, 1.82) is 5.26 Å². The summed E-state index contributed by atoms with van der Waals surface area (Å²) in [5.74, 6) is 0.341. The zero-order valence-corrected chi connectivity index (χ0v) is 8.61.